The van der Waals surface area contributed by atoms with Crippen LogP contribution < -0.4 is 11.0 Å². The van der Waals surface area contributed by atoms with Crippen LogP contribution in [0.25, 0.3) is 5.65 Å². The molecule has 2 aromatic carbocycles. The fraction of sp³-hybridized carbons (Fsp3) is 0.182. The highest BCUT2D eigenvalue weighted by Crippen LogP contribution is 2.26. The fourth-order valence-electron chi connectivity index (χ4n) is 3.69. The average molecular weight is 435 g/mol. The number of aryl methyl sites for hydroxylation is 2. The second-order valence-corrected chi connectivity index (χ2v) is 8.42. The van der Waals surface area contributed by atoms with Crippen LogP contribution in [0.4, 0.5) is 10.1 Å². The molecule has 2 aromatic heterocycles. The van der Waals surface area contributed by atoms with E-state index < -0.39 is 5.69 Å². The number of nitrogens with zero attached hydrogens (tertiary/aromatic N) is 4. The lowest BCUT2D eigenvalue weighted by Gasteiger charge is -2.07. The summed E-state index contributed by atoms with van der Waals surface area (Å²) in [4.78, 5) is 25.8. The van der Waals surface area contributed by atoms with E-state index in [0.29, 0.717) is 15.6 Å². The van der Waals surface area contributed by atoms with E-state index in [-0.39, 0.29) is 18.3 Å². The third-order valence-electron chi connectivity index (χ3n) is 5.11. The highest BCUT2D eigenvalue weighted by atomic mass is 32.2. The van der Waals surface area contributed by atoms with Crippen molar-refractivity contribution < 1.29 is 9.18 Å². The van der Waals surface area contributed by atoms with Gasteiger partial charge in [0, 0.05) is 10.6 Å². The van der Waals surface area contributed by atoms with Crippen LogP contribution in [0.3, 0.4) is 0 Å². The van der Waals surface area contributed by atoms with Gasteiger partial charge in [0.25, 0.3) is 0 Å². The first-order chi connectivity index (χ1) is 15.0. The lowest BCUT2D eigenvalue weighted by atomic mass is 10.1. The molecule has 31 heavy (non-hydrogen) atoms. The van der Waals surface area contributed by atoms with Gasteiger partial charge in [0.15, 0.2) is 5.65 Å². The molecule has 0 fully saturated rings. The van der Waals surface area contributed by atoms with Gasteiger partial charge < -0.3 is 5.32 Å². The molecular formula is C22H18FN5O2S. The van der Waals surface area contributed by atoms with E-state index in [1.165, 1.54) is 35.0 Å². The molecule has 0 spiro atoms. The largest absolute Gasteiger partial charge is 0.367 e. The van der Waals surface area contributed by atoms with E-state index >= 15 is 0 Å². The van der Waals surface area contributed by atoms with Crippen LogP contribution in [0.2, 0.25) is 0 Å². The molecule has 1 N–H and O–H groups in total. The van der Waals surface area contributed by atoms with E-state index in [9.17, 15) is 14.0 Å². The van der Waals surface area contributed by atoms with E-state index in [1.807, 2.05) is 18.2 Å². The Morgan fingerprint density at radius 2 is 1.94 bits per heavy atom. The standard InChI is InChI=1S/C22H18FN5O2S/c23-16-5-2-6-18(12-16)31-21-10-9-19-25-27(22(30)28(19)26-21)13-20(29)24-17-8-7-14-3-1-4-15(14)11-17/h2,5-12H,1,3-4,13H2,(H,24,29). The average Bonchev–Trinajstić information content (AvgIpc) is 3.32. The summed E-state index contributed by atoms with van der Waals surface area (Å²) in [6, 6.07) is 15.4. The molecule has 0 radical (unpaired) electrons. The van der Waals surface area contributed by atoms with Gasteiger partial charge >= 0.3 is 5.69 Å². The molecule has 9 heteroatoms. The first kappa shape index (κ1) is 19.5. The van der Waals surface area contributed by atoms with Crippen LogP contribution in [0.15, 0.2) is 69.3 Å². The second-order valence-electron chi connectivity index (χ2n) is 7.33. The Morgan fingerprint density at radius 1 is 1.06 bits per heavy atom. The van der Waals surface area contributed by atoms with Crippen LogP contribution in [0.1, 0.15) is 17.5 Å². The second kappa shape index (κ2) is 7.99. The molecular weight excluding hydrogens is 417 g/mol. The Bertz CT molecular complexity index is 1360. The van der Waals surface area contributed by atoms with Gasteiger partial charge in [0.2, 0.25) is 5.91 Å². The van der Waals surface area contributed by atoms with Crippen molar-refractivity contribution in [1.29, 1.82) is 0 Å². The first-order valence-corrected chi connectivity index (χ1v) is 10.7. The zero-order chi connectivity index (χ0) is 21.4. The maximum atomic E-state index is 13.4. The molecule has 0 unspecified atom stereocenters. The van der Waals surface area contributed by atoms with Crippen LogP contribution in [0.5, 0.6) is 0 Å². The number of aromatic nitrogens is 4. The maximum absolute atomic E-state index is 13.4. The Hall–Kier alpha value is -3.46. The van der Waals surface area contributed by atoms with Crippen molar-refractivity contribution in [1.82, 2.24) is 19.4 Å². The number of carbonyl (C=O) groups excluding carboxylic acids is 1. The summed E-state index contributed by atoms with van der Waals surface area (Å²) in [6.45, 7) is -0.217. The Kier molecular flexibility index (Phi) is 5.03. The molecule has 7 nitrogen and oxygen atoms in total. The van der Waals surface area contributed by atoms with Crippen LogP contribution in [-0.4, -0.2) is 25.3 Å². The van der Waals surface area contributed by atoms with Gasteiger partial charge in [-0.2, -0.15) is 9.61 Å². The van der Waals surface area contributed by atoms with Crippen molar-refractivity contribution in [2.75, 3.05) is 5.32 Å². The van der Waals surface area contributed by atoms with Gasteiger partial charge in [0.1, 0.15) is 17.4 Å². The minimum atomic E-state index is -0.513. The van der Waals surface area contributed by atoms with Crippen molar-refractivity contribution >= 4 is 29.0 Å². The van der Waals surface area contributed by atoms with Crippen molar-refractivity contribution in [3.63, 3.8) is 0 Å². The van der Waals surface area contributed by atoms with Crippen LogP contribution in [-0.2, 0) is 24.2 Å². The minimum absolute atomic E-state index is 0.217. The summed E-state index contributed by atoms with van der Waals surface area (Å²) in [7, 11) is 0. The van der Waals surface area contributed by atoms with Gasteiger partial charge in [-0.25, -0.2) is 13.9 Å². The molecule has 1 aliphatic carbocycles. The quantitative estimate of drug-likeness (QED) is 0.520. The number of nitrogens with one attached hydrogen (secondary N) is 1. The molecule has 0 atom stereocenters. The third kappa shape index (κ3) is 4.09. The normalized spacial score (nSPS) is 12.8. The van der Waals surface area contributed by atoms with Crippen molar-refractivity contribution in [2.45, 2.75) is 35.7 Å². The number of hydrogen-bond acceptors (Lipinski definition) is 5. The smallest absolute Gasteiger partial charge is 0.324 e. The Morgan fingerprint density at radius 3 is 2.81 bits per heavy atom. The Labute approximate surface area is 180 Å². The van der Waals surface area contributed by atoms with Gasteiger partial charge in [0.05, 0.1) is 0 Å². The molecule has 0 saturated heterocycles. The van der Waals surface area contributed by atoms with E-state index in [4.69, 9.17) is 0 Å². The van der Waals surface area contributed by atoms with Gasteiger partial charge in [-0.1, -0.05) is 23.9 Å². The molecule has 2 heterocycles. The van der Waals surface area contributed by atoms with Gasteiger partial charge in [-0.15, -0.1) is 5.10 Å². The lowest BCUT2D eigenvalue weighted by molar-refractivity contribution is -0.117. The lowest BCUT2D eigenvalue weighted by Crippen LogP contribution is -2.28. The van der Waals surface area contributed by atoms with E-state index in [0.717, 1.165) is 34.1 Å². The number of benzene rings is 2. The molecule has 0 aliphatic heterocycles. The van der Waals surface area contributed by atoms with Gasteiger partial charge in [-0.3, -0.25) is 4.79 Å². The summed E-state index contributed by atoms with van der Waals surface area (Å²) < 4.78 is 15.6. The van der Waals surface area contributed by atoms with Crippen molar-refractivity contribution in [2.24, 2.45) is 0 Å². The molecule has 5 rings (SSSR count). The predicted molar refractivity (Wildman–Crippen MR) is 115 cm³/mol. The van der Waals surface area contributed by atoms with Crippen LogP contribution >= 0.6 is 11.8 Å². The molecule has 1 amide bonds. The minimum Gasteiger partial charge on any atom is -0.324 e. The van der Waals surface area contributed by atoms with Crippen LogP contribution in [0, 0.1) is 5.82 Å². The zero-order valence-electron chi connectivity index (χ0n) is 16.4. The number of hydrogen-bond donors (Lipinski definition) is 1. The number of halogens is 1. The topological polar surface area (TPSA) is 81.3 Å². The highest BCUT2D eigenvalue weighted by molar-refractivity contribution is 7.99. The Balaban J connectivity index is 1.33. The fourth-order valence-corrected chi connectivity index (χ4v) is 4.50. The molecule has 4 aromatic rings. The summed E-state index contributed by atoms with van der Waals surface area (Å²) >= 11 is 1.23. The highest BCUT2D eigenvalue weighted by Gasteiger charge is 2.15. The predicted octanol–water partition coefficient (Wildman–Crippen LogP) is 3.31. The zero-order valence-corrected chi connectivity index (χ0v) is 17.2. The molecule has 0 bridgehead atoms. The number of rotatable bonds is 5. The van der Waals surface area contributed by atoms with Crippen molar-refractivity contribution in [3.05, 3.63) is 82.0 Å². The van der Waals surface area contributed by atoms with Crippen molar-refractivity contribution in [3.8, 4) is 0 Å². The monoisotopic (exact) mass is 435 g/mol. The first-order valence-electron chi connectivity index (χ1n) is 9.87. The number of carbonyl (C=O) groups is 1. The molecule has 156 valence electrons. The summed E-state index contributed by atoms with van der Waals surface area (Å²) in [5.74, 6) is -0.678. The maximum Gasteiger partial charge on any atom is 0.367 e. The number of amides is 1. The molecule has 0 saturated carbocycles. The summed E-state index contributed by atoms with van der Waals surface area (Å²) in [6.07, 6.45) is 3.23. The summed E-state index contributed by atoms with van der Waals surface area (Å²) in [5.41, 5.74) is 3.12. The van der Waals surface area contributed by atoms with E-state index in [1.54, 1.807) is 24.3 Å². The van der Waals surface area contributed by atoms with E-state index in [2.05, 4.69) is 15.5 Å². The number of fused-ring (bicyclic) bond motifs is 2. The summed E-state index contributed by atoms with van der Waals surface area (Å²) in [5, 5.41) is 11.8. The SMILES string of the molecule is O=C(Cn1nc2ccc(Sc3cccc(F)c3)nn2c1=O)Nc1ccc2c(c1)CCC2. The number of anilines is 1. The third-order valence-corrected chi connectivity index (χ3v) is 6.03. The molecule has 1 aliphatic rings. The van der Waals surface area contributed by atoms with Gasteiger partial charge in [-0.05, 0) is 72.9 Å².